The maximum atomic E-state index is 3.55. The van der Waals surface area contributed by atoms with Gasteiger partial charge in [-0.05, 0) is 17.7 Å². The minimum Gasteiger partial charge on any atom is -0.120 e. The molecular formula is C11H10. The third-order valence-corrected chi connectivity index (χ3v) is 1.26. The molecule has 0 N–H and O–H groups in total. The molecule has 0 fully saturated rings. The van der Waals surface area contributed by atoms with E-state index in [-0.39, 0.29) is 0 Å². The summed E-state index contributed by atoms with van der Waals surface area (Å²) in [5.41, 5.74) is 4.14. The maximum Gasteiger partial charge on any atom is -0.0127 e. The van der Waals surface area contributed by atoms with Gasteiger partial charge in [0.1, 0.15) is 0 Å². The fourth-order valence-corrected chi connectivity index (χ4v) is 0.762. The van der Waals surface area contributed by atoms with E-state index in [1.54, 1.807) is 12.2 Å². The average molecular weight is 142 g/mol. The Kier molecular flexibility index (Phi) is 2.98. The summed E-state index contributed by atoms with van der Waals surface area (Å²) >= 11 is 0. The summed E-state index contributed by atoms with van der Waals surface area (Å²) in [5, 5.41) is 0. The van der Waals surface area contributed by atoms with Crippen molar-refractivity contribution in [1.29, 1.82) is 0 Å². The van der Waals surface area contributed by atoms with Crippen LogP contribution in [0, 0.1) is 0 Å². The molecule has 0 aromatic heterocycles. The second kappa shape index (κ2) is 4.32. The minimum atomic E-state index is 1.16. The highest BCUT2D eigenvalue weighted by molar-refractivity contribution is 5.48. The third kappa shape index (κ3) is 2.70. The van der Waals surface area contributed by atoms with Crippen LogP contribution < -0.4 is 0 Å². The van der Waals surface area contributed by atoms with Gasteiger partial charge >= 0.3 is 0 Å². The first-order chi connectivity index (χ1) is 5.43. The highest BCUT2D eigenvalue weighted by Crippen LogP contribution is 1.98. The molecule has 0 aliphatic carbocycles. The molecule has 0 aliphatic rings. The van der Waals surface area contributed by atoms with Gasteiger partial charge in [0.2, 0.25) is 0 Å². The normalized spacial score (nSPS) is 8.00. The molecule has 0 amide bonds. The Balaban J connectivity index is 2.80. The number of benzene rings is 1. The molecule has 1 aromatic carbocycles. The zero-order chi connectivity index (χ0) is 7.94. The molecule has 0 aliphatic heterocycles. The van der Waals surface area contributed by atoms with Crippen molar-refractivity contribution < 1.29 is 0 Å². The molecule has 0 atom stereocenters. The van der Waals surface area contributed by atoms with Crippen LogP contribution in [0.1, 0.15) is 5.56 Å². The Hall–Kier alpha value is -1.52. The van der Waals surface area contributed by atoms with E-state index in [1.165, 1.54) is 0 Å². The van der Waals surface area contributed by atoms with Crippen molar-refractivity contribution in [3.05, 3.63) is 60.4 Å². The topological polar surface area (TPSA) is 0 Å². The molecule has 1 aromatic rings. The maximum absolute atomic E-state index is 3.55. The van der Waals surface area contributed by atoms with Gasteiger partial charge in [0, 0.05) is 0 Å². The van der Waals surface area contributed by atoms with Crippen LogP contribution in [-0.2, 0) is 0 Å². The van der Waals surface area contributed by atoms with Crippen LogP contribution >= 0.6 is 0 Å². The predicted octanol–water partition coefficient (Wildman–Crippen LogP) is 3.04. The molecule has 0 heterocycles. The van der Waals surface area contributed by atoms with Crippen molar-refractivity contribution in [2.45, 2.75) is 0 Å². The van der Waals surface area contributed by atoms with E-state index in [2.05, 4.69) is 12.3 Å². The molecule has 0 saturated carbocycles. The average Bonchev–Trinajstić information content (AvgIpc) is 2.07. The van der Waals surface area contributed by atoms with E-state index >= 15 is 0 Å². The summed E-state index contributed by atoms with van der Waals surface area (Å²) < 4.78 is 0. The Labute approximate surface area is 67.2 Å². The molecule has 0 radical (unpaired) electrons. The summed E-state index contributed by atoms with van der Waals surface area (Å²) in [6, 6.07) is 10.1. The lowest BCUT2D eigenvalue weighted by molar-refractivity contribution is 1.66. The predicted molar refractivity (Wildman–Crippen MR) is 49.2 cm³/mol. The molecule has 0 saturated heterocycles. The van der Waals surface area contributed by atoms with Gasteiger partial charge in [0.25, 0.3) is 0 Å². The van der Waals surface area contributed by atoms with Gasteiger partial charge < -0.3 is 0 Å². The molecule has 1 rings (SSSR count). The monoisotopic (exact) mass is 142 g/mol. The van der Waals surface area contributed by atoms with Gasteiger partial charge in [0.05, 0.1) is 0 Å². The first kappa shape index (κ1) is 7.59. The Morgan fingerprint density at radius 3 is 2.55 bits per heavy atom. The Morgan fingerprint density at radius 1 is 1.18 bits per heavy atom. The molecule has 54 valence electrons. The third-order valence-electron chi connectivity index (χ3n) is 1.26. The van der Waals surface area contributed by atoms with Crippen molar-refractivity contribution in [3.8, 4) is 0 Å². The number of hydrogen-bond acceptors (Lipinski definition) is 0. The van der Waals surface area contributed by atoms with Gasteiger partial charge in [-0.2, -0.15) is 0 Å². The van der Waals surface area contributed by atoms with Gasteiger partial charge in [-0.1, -0.05) is 43.0 Å². The van der Waals surface area contributed by atoms with Crippen LogP contribution in [-0.4, -0.2) is 0 Å². The molecule has 0 nitrogen and oxygen atoms in total. The summed E-state index contributed by atoms with van der Waals surface area (Å²) in [6.07, 6.45) is 5.41. The van der Waals surface area contributed by atoms with Crippen LogP contribution in [0.15, 0.2) is 54.8 Å². The highest BCUT2D eigenvalue weighted by atomic mass is 13.8. The van der Waals surface area contributed by atoms with Gasteiger partial charge in [0.15, 0.2) is 0 Å². The fraction of sp³-hybridized carbons (Fsp3) is 0. The van der Waals surface area contributed by atoms with Crippen LogP contribution in [0.4, 0.5) is 0 Å². The number of rotatable bonds is 2. The molecule has 0 heteroatoms. The number of allylic oxidation sites excluding steroid dienone is 2. The van der Waals surface area contributed by atoms with E-state index in [4.69, 9.17) is 0 Å². The highest BCUT2D eigenvalue weighted by Gasteiger charge is 1.78. The second-order valence-corrected chi connectivity index (χ2v) is 2.12. The lowest BCUT2D eigenvalue weighted by atomic mass is 10.2. The van der Waals surface area contributed by atoms with E-state index in [1.807, 2.05) is 36.4 Å². The summed E-state index contributed by atoms with van der Waals surface area (Å²) in [5.74, 6) is 0. The van der Waals surface area contributed by atoms with Gasteiger partial charge in [-0.15, -0.1) is 5.73 Å². The Morgan fingerprint density at radius 2 is 1.91 bits per heavy atom. The van der Waals surface area contributed by atoms with Crippen LogP contribution in [0.2, 0.25) is 0 Å². The summed E-state index contributed by atoms with van der Waals surface area (Å²) in [7, 11) is 0. The first-order valence-electron chi connectivity index (χ1n) is 3.52. The SMILES string of the molecule is C=CC=C=Cc1ccccc1. The smallest absolute Gasteiger partial charge is 0.0127 e. The van der Waals surface area contributed by atoms with Gasteiger partial charge in [-0.25, -0.2) is 0 Å². The zero-order valence-electron chi connectivity index (χ0n) is 6.33. The molecule has 11 heavy (non-hydrogen) atoms. The first-order valence-corrected chi connectivity index (χ1v) is 3.52. The largest absolute Gasteiger partial charge is 0.120 e. The standard InChI is InChI=1S/C11H10/c1-2-3-5-8-11-9-6-4-7-10-11/h2-4,6-10H,1H2. The summed E-state index contributed by atoms with van der Waals surface area (Å²) in [4.78, 5) is 0. The van der Waals surface area contributed by atoms with Crippen LogP contribution in [0.5, 0.6) is 0 Å². The van der Waals surface area contributed by atoms with E-state index in [9.17, 15) is 0 Å². The van der Waals surface area contributed by atoms with Crippen molar-refractivity contribution in [3.63, 3.8) is 0 Å². The lowest BCUT2D eigenvalue weighted by Crippen LogP contribution is -1.64. The van der Waals surface area contributed by atoms with E-state index < -0.39 is 0 Å². The Bertz CT molecular complexity index is 274. The lowest BCUT2D eigenvalue weighted by Gasteiger charge is -1.85. The van der Waals surface area contributed by atoms with Crippen molar-refractivity contribution in [2.24, 2.45) is 0 Å². The molecule has 0 bridgehead atoms. The number of hydrogen-bond donors (Lipinski definition) is 0. The van der Waals surface area contributed by atoms with Gasteiger partial charge in [-0.3, -0.25) is 0 Å². The fourth-order valence-electron chi connectivity index (χ4n) is 0.762. The van der Waals surface area contributed by atoms with Crippen LogP contribution in [0.3, 0.4) is 0 Å². The van der Waals surface area contributed by atoms with Crippen molar-refractivity contribution in [2.75, 3.05) is 0 Å². The second-order valence-electron chi connectivity index (χ2n) is 2.12. The van der Waals surface area contributed by atoms with Crippen molar-refractivity contribution >= 4 is 6.08 Å². The zero-order valence-corrected chi connectivity index (χ0v) is 6.33. The van der Waals surface area contributed by atoms with Crippen LogP contribution in [0.25, 0.3) is 6.08 Å². The quantitative estimate of drug-likeness (QED) is 0.440. The van der Waals surface area contributed by atoms with E-state index in [0.717, 1.165) is 5.56 Å². The minimum absolute atomic E-state index is 1.16. The summed E-state index contributed by atoms with van der Waals surface area (Å²) in [6.45, 7) is 3.55. The molecular weight excluding hydrogens is 132 g/mol. The van der Waals surface area contributed by atoms with Crippen molar-refractivity contribution in [1.82, 2.24) is 0 Å². The molecule has 0 spiro atoms. The van der Waals surface area contributed by atoms with E-state index in [0.29, 0.717) is 0 Å². The molecule has 0 unspecified atom stereocenters.